The summed E-state index contributed by atoms with van der Waals surface area (Å²) in [5.41, 5.74) is 14.1. The van der Waals surface area contributed by atoms with Crippen LogP contribution in [0.25, 0.3) is 64.7 Å². The molecular formula is C47H33NOS. The van der Waals surface area contributed by atoms with Crippen LogP contribution >= 0.6 is 11.3 Å². The molecule has 0 amide bonds. The van der Waals surface area contributed by atoms with E-state index in [0.29, 0.717) is 0 Å². The largest absolute Gasteiger partial charge is 0.456 e. The standard InChI is InChI=1S/C47H33NOS/c1-47(2)44-36(15-10-16-40(44)46-45(47)39-14-7-9-18-43(39)50-46)32-21-25-34(26-22-32)48(33-23-19-31(20-24-33)30-11-4-3-5-12-30)35-27-28-38-37-13-6-8-17-41(37)49-42(38)29-35/h3-29H,1-2H3. The number of nitrogens with zero attached hydrogens (tertiary/aromatic N) is 1. The predicted molar refractivity (Wildman–Crippen MR) is 212 cm³/mol. The van der Waals surface area contributed by atoms with E-state index in [2.05, 4.69) is 170 Å². The molecule has 0 radical (unpaired) electrons. The molecule has 0 fully saturated rings. The van der Waals surface area contributed by atoms with Gasteiger partial charge in [-0.25, -0.2) is 0 Å². The lowest BCUT2D eigenvalue weighted by atomic mass is 9.78. The predicted octanol–water partition coefficient (Wildman–Crippen LogP) is 13.9. The first-order chi connectivity index (χ1) is 24.5. The number of hydrogen-bond donors (Lipinski definition) is 0. The van der Waals surface area contributed by atoms with Crippen LogP contribution in [-0.2, 0) is 5.41 Å². The molecule has 7 aromatic carbocycles. The second-order valence-electron chi connectivity index (χ2n) is 13.7. The summed E-state index contributed by atoms with van der Waals surface area (Å²) in [6, 6.07) is 59.0. The van der Waals surface area contributed by atoms with Crippen LogP contribution in [0.2, 0.25) is 0 Å². The molecular weight excluding hydrogens is 627 g/mol. The molecule has 9 aromatic rings. The van der Waals surface area contributed by atoms with Crippen LogP contribution in [0, 0.1) is 0 Å². The molecule has 0 bridgehead atoms. The summed E-state index contributed by atoms with van der Waals surface area (Å²) in [5.74, 6) is 0. The summed E-state index contributed by atoms with van der Waals surface area (Å²) in [6.45, 7) is 4.79. The van der Waals surface area contributed by atoms with Gasteiger partial charge in [-0.3, -0.25) is 0 Å². The first-order valence-corrected chi connectivity index (χ1v) is 18.0. The smallest absolute Gasteiger partial charge is 0.137 e. The highest BCUT2D eigenvalue weighted by Crippen LogP contribution is 2.57. The molecule has 238 valence electrons. The zero-order chi connectivity index (χ0) is 33.4. The summed E-state index contributed by atoms with van der Waals surface area (Å²) in [4.78, 5) is 3.74. The third-order valence-electron chi connectivity index (χ3n) is 10.4. The van der Waals surface area contributed by atoms with Gasteiger partial charge in [-0.05, 0) is 92.9 Å². The highest BCUT2D eigenvalue weighted by molar-refractivity contribution is 7.22. The third-order valence-corrected chi connectivity index (χ3v) is 11.6. The van der Waals surface area contributed by atoms with Gasteiger partial charge in [-0.1, -0.05) is 123 Å². The molecule has 0 atom stereocenters. The van der Waals surface area contributed by atoms with E-state index in [0.717, 1.165) is 39.0 Å². The van der Waals surface area contributed by atoms with Crippen molar-refractivity contribution in [2.45, 2.75) is 19.3 Å². The average Bonchev–Trinajstić information content (AvgIpc) is 3.81. The van der Waals surface area contributed by atoms with Crippen LogP contribution in [0.3, 0.4) is 0 Å². The van der Waals surface area contributed by atoms with Crippen molar-refractivity contribution in [2.24, 2.45) is 0 Å². The minimum absolute atomic E-state index is 0.103. The Kier molecular flexibility index (Phi) is 6.43. The van der Waals surface area contributed by atoms with Crippen molar-refractivity contribution >= 4 is 60.4 Å². The van der Waals surface area contributed by atoms with Gasteiger partial charge in [0, 0.05) is 48.9 Å². The van der Waals surface area contributed by atoms with E-state index in [4.69, 9.17) is 4.42 Å². The summed E-state index contributed by atoms with van der Waals surface area (Å²) in [5, 5.41) is 3.64. The number of thiophene rings is 1. The van der Waals surface area contributed by atoms with Gasteiger partial charge < -0.3 is 9.32 Å². The molecule has 2 aromatic heterocycles. The second kappa shape index (κ2) is 11.1. The number of rotatable bonds is 5. The van der Waals surface area contributed by atoms with E-state index in [1.54, 1.807) is 0 Å². The van der Waals surface area contributed by atoms with Crippen molar-refractivity contribution in [3.63, 3.8) is 0 Å². The maximum absolute atomic E-state index is 6.35. The van der Waals surface area contributed by atoms with Crippen LogP contribution in [-0.4, -0.2) is 0 Å². The van der Waals surface area contributed by atoms with E-state index in [1.165, 1.54) is 53.9 Å². The van der Waals surface area contributed by atoms with Crippen molar-refractivity contribution in [3.05, 3.63) is 175 Å². The van der Waals surface area contributed by atoms with Gasteiger partial charge in [0.05, 0.1) is 0 Å². The maximum atomic E-state index is 6.35. The van der Waals surface area contributed by atoms with Gasteiger partial charge in [0.2, 0.25) is 0 Å². The Morgan fingerprint density at radius 3 is 1.84 bits per heavy atom. The minimum atomic E-state index is -0.103. The van der Waals surface area contributed by atoms with Crippen molar-refractivity contribution in [3.8, 4) is 32.7 Å². The second-order valence-corrected chi connectivity index (χ2v) is 14.8. The molecule has 0 aliphatic heterocycles. The molecule has 3 heteroatoms. The monoisotopic (exact) mass is 659 g/mol. The lowest BCUT2D eigenvalue weighted by Crippen LogP contribution is -2.16. The molecule has 0 spiro atoms. The van der Waals surface area contributed by atoms with Crippen molar-refractivity contribution in [2.75, 3.05) is 4.90 Å². The van der Waals surface area contributed by atoms with E-state index in [1.807, 2.05) is 23.5 Å². The number of anilines is 3. The molecule has 0 saturated carbocycles. The Balaban J connectivity index is 1.08. The number of benzene rings is 7. The molecule has 0 saturated heterocycles. The average molecular weight is 660 g/mol. The lowest BCUT2D eigenvalue weighted by Gasteiger charge is -2.27. The fraction of sp³-hybridized carbons (Fsp3) is 0.0638. The van der Waals surface area contributed by atoms with E-state index < -0.39 is 0 Å². The summed E-state index contributed by atoms with van der Waals surface area (Å²) in [6.07, 6.45) is 0. The van der Waals surface area contributed by atoms with Crippen molar-refractivity contribution in [1.82, 2.24) is 0 Å². The fourth-order valence-corrected chi connectivity index (χ4v) is 9.55. The minimum Gasteiger partial charge on any atom is -0.456 e. The SMILES string of the molecule is CC1(C)c2c(-c3ccc(N(c4ccc(-c5ccccc5)cc4)c4ccc5c(c4)oc4ccccc45)cc3)cccc2-c2sc3ccccc3c21. The Morgan fingerprint density at radius 2 is 1.06 bits per heavy atom. The molecule has 2 heterocycles. The number of furan rings is 1. The Bertz CT molecular complexity index is 2710. The van der Waals surface area contributed by atoms with Crippen LogP contribution in [0.5, 0.6) is 0 Å². The topological polar surface area (TPSA) is 16.4 Å². The van der Waals surface area contributed by atoms with Gasteiger partial charge >= 0.3 is 0 Å². The lowest BCUT2D eigenvalue weighted by molar-refractivity contribution is 0.669. The van der Waals surface area contributed by atoms with Crippen LogP contribution in [0.4, 0.5) is 17.1 Å². The first-order valence-electron chi connectivity index (χ1n) is 17.2. The molecule has 0 unspecified atom stereocenters. The fourth-order valence-electron chi connectivity index (χ4n) is 8.16. The van der Waals surface area contributed by atoms with E-state index in [9.17, 15) is 0 Å². The van der Waals surface area contributed by atoms with Gasteiger partial charge in [-0.15, -0.1) is 11.3 Å². The van der Waals surface area contributed by atoms with Crippen molar-refractivity contribution < 1.29 is 4.42 Å². The first kappa shape index (κ1) is 29.1. The van der Waals surface area contributed by atoms with Gasteiger partial charge in [0.25, 0.3) is 0 Å². The molecule has 50 heavy (non-hydrogen) atoms. The zero-order valence-electron chi connectivity index (χ0n) is 27.9. The normalized spacial score (nSPS) is 13.2. The Morgan fingerprint density at radius 1 is 0.460 bits per heavy atom. The quantitative estimate of drug-likeness (QED) is 0.183. The van der Waals surface area contributed by atoms with E-state index >= 15 is 0 Å². The zero-order valence-corrected chi connectivity index (χ0v) is 28.7. The summed E-state index contributed by atoms with van der Waals surface area (Å²) >= 11 is 1.92. The molecule has 10 rings (SSSR count). The Hall–Kier alpha value is -5.90. The highest BCUT2D eigenvalue weighted by Gasteiger charge is 2.40. The molecule has 1 aliphatic carbocycles. The number of fused-ring (bicyclic) bond motifs is 8. The molecule has 0 N–H and O–H groups in total. The third kappa shape index (κ3) is 4.40. The van der Waals surface area contributed by atoms with Crippen LogP contribution in [0.1, 0.15) is 25.0 Å². The highest BCUT2D eigenvalue weighted by atomic mass is 32.1. The van der Waals surface area contributed by atoms with Gasteiger partial charge in [0.1, 0.15) is 11.2 Å². The van der Waals surface area contributed by atoms with E-state index in [-0.39, 0.29) is 5.41 Å². The maximum Gasteiger partial charge on any atom is 0.137 e. The Labute approximate surface area is 295 Å². The number of para-hydroxylation sites is 1. The molecule has 2 nitrogen and oxygen atoms in total. The van der Waals surface area contributed by atoms with Crippen molar-refractivity contribution in [1.29, 1.82) is 0 Å². The van der Waals surface area contributed by atoms with Crippen LogP contribution in [0.15, 0.2) is 168 Å². The van der Waals surface area contributed by atoms with Crippen LogP contribution < -0.4 is 4.90 Å². The van der Waals surface area contributed by atoms with Gasteiger partial charge in [0.15, 0.2) is 0 Å². The molecule has 1 aliphatic rings. The number of hydrogen-bond acceptors (Lipinski definition) is 3. The van der Waals surface area contributed by atoms with Gasteiger partial charge in [-0.2, -0.15) is 0 Å². The summed E-state index contributed by atoms with van der Waals surface area (Å²) in [7, 11) is 0. The summed E-state index contributed by atoms with van der Waals surface area (Å²) < 4.78 is 7.72.